The average molecular weight is 230 g/mol. The fraction of sp³-hybridized carbons (Fsp3) is 0.667. The SMILES string of the molecule is C#CC(C)(C)N1CC(Br)CC1=O. The van der Waals surface area contributed by atoms with Crippen LogP contribution in [0, 0.1) is 12.3 Å². The number of hydrogen-bond donors (Lipinski definition) is 0. The molecule has 0 spiro atoms. The Bertz CT molecular complexity index is 241. The Morgan fingerprint density at radius 3 is 2.67 bits per heavy atom. The molecule has 2 nitrogen and oxygen atoms in total. The molecule has 3 heteroatoms. The van der Waals surface area contributed by atoms with E-state index in [4.69, 9.17) is 6.42 Å². The highest BCUT2D eigenvalue weighted by molar-refractivity contribution is 9.09. The predicted molar refractivity (Wildman–Crippen MR) is 52.0 cm³/mol. The lowest BCUT2D eigenvalue weighted by molar-refractivity contribution is -0.130. The first-order chi connectivity index (χ1) is 5.47. The van der Waals surface area contributed by atoms with Crippen LogP contribution in [0.15, 0.2) is 0 Å². The maximum Gasteiger partial charge on any atom is 0.224 e. The van der Waals surface area contributed by atoms with Crippen molar-refractivity contribution in [2.24, 2.45) is 0 Å². The van der Waals surface area contributed by atoms with Crippen LogP contribution in [0.4, 0.5) is 0 Å². The minimum Gasteiger partial charge on any atom is -0.326 e. The molecule has 0 N–H and O–H groups in total. The second-order valence-electron chi connectivity index (χ2n) is 3.51. The maximum absolute atomic E-state index is 11.4. The number of likely N-dealkylation sites (tertiary alicyclic amines) is 1. The Balaban J connectivity index is 2.79. The number of amides is 1. The van der Waals surface area contributed by atoms with E-state index in [-0.39, 0.29) is 10.7 Å². The van der Waals surface area contributed by atoms with Gasteiger partial charge in [0, 0.05) is 17.8 Å². The van der Waals surface area contributed by atoms with Crippen molar-refractivity contribution in [2.45, 2.75) is 30.6 Å². The van der Waals surface area contributed by atoms with Gasteiger partial charge in [-0.2, -0.15) is 0 Å². The Kier molecular flexibility index (Phi) is 2.48. The lowest BCUT2D eigenvalue weighted by Crippen LogP contribution is -2.43. The van der Waals surface area contributed by atoms with Crippen LogP contribution in [0.1, 0.15) is 20.3 Å². The molecular formula is C9H12BrNO. The van der Waals surface area contributed by atoms with Crippen LogP contribution < -0.4 is 0 Å². The van der Waals surface area contributed by atoms with E-state index in [1.54, 1.807) is 4.90 Å². The molecule has 0 radical (unpaired) electrons. The first-order valence-corrected chi connectivity index (χ1v) is 4.81. The lowest BCUT2D eigenvalue weighted by atomic mass is 10.1. The van der Waals surface area contributed by atoms with Crippen LogP contribution in [0.2, 0.25) is 0 Å². The van der Waals surface area contributed by atoms with E-state index in [1.165, 1.54) is 0 Å². The maximum atomic E-state index is 11.4. The van der Waals surface area contributed by atoms with Gasteiger partial charge in [0.15, 0.2) is 0 Å². The van der Waals surface area contributed by atoms with Gasteiger partial charge < -0.3 is 4.90 Å². The summed E-state index contributed by atoms with van der Waals surface area (Å²) < 4.78 is 0. The summed E-state index contributed by atoms with van der Waals surface area (Å²) in [7, 11) is 0. The molecule has 1 rings (SSSR count). The van der Waals surface area contributed by atoms with Gasteiger partial charge in [0.1, 0.15) is 0 Å². The third kappa shape index (κ3) is 1.64. The van der Waals surface area contributed by atoms with E-state index in [2.05, 4.69) is 21.9 Å². The summed E-state index contributed by atoms with van der Waals surface area (Å²) >= 11 is 3.41. The van der Waals surface area contributed by atoms with Crippen molar-refractivity contribution in [3.63, 3.8) is 0 Å². The zero-order valence-electron chi connectivity index (χ0n) is 7.30. The van der Waals surface area contributed by atoms with E-state index >= 15 is 0 Å². The van der Waals surface area contributed by atoms with Gasteiger partial charge in [-0.15, -0.1) is 6.42 Å². The molecule has 0 aliphatic carbocycles. The normalized spacial score (nSPS) is 24.3. The Labute approximate surface area is 81.4 Å². The summed E-state index contributed by atoms with van der Waals surface area (Å²) in [6.07, 6.45) is 5.90. The molecule has 1 heterocycles. The molecule has 0 aromatic heterocycles. The molecule has 66 valence electrons. The monoisotopic (exact) mass is 229 g/mol. The number of rotatable bonds is 1. The summed E-state index contributed by atoms with van der Waals surface area (Å²) in [6, 6.07) is 0. The van der Waals surface area contributed by atoms with Crippen molar-refractivity contribution in [1.82, 2.24) is 4.90 Å². The highest BCUT2D eigenvalue weighted by Gasteiger charge is 2.36. The fourth-order valence-corrected chi connectivity index (χ4v) is 1.85. The van der Waals surface area contributed by atoms with Crippen LogP contribution >= 0.6 is 15.9 Å². The summed E-state index contributed by atoms with van der Waals surface area (Å²) in [5.74, 6) is 2.76. The fourth-order valence-electron chi connectivity index (χ4n) is 1.28. The molecule has 1 amide bonds. The van der Waals surface area contributed by atoms with Crippen LogP contribution in [0.25, 0.3) is 0 Å². The van der Waals surface area contributed by atoms with E-state index in [1.807, 2.05) is 13.8 Å². The number of carbonyl (C=O) groups excluding carboxylic acids is 1. The minimum absolute atomic E-state index is 0.139. The van der Waals surface area contributed by atoms with Gasteiger partial charge in [-0.25, -0.2) is 0 Å². The summed E-state index contributed by atoms with van der Waals surface area (Å²) in [4.78, 5) is 13.4. The topological polar surface area (TPSA) is 20.3 Å². The molecule has 1 atom stereocenters. The predicted octanol–water partition coefficient (Wildman–Crippen LogP) is 1.39. The lowest BCUT2D eigenvalue weighted by Gasteiger charge is -2.30. The number of terminal acetylenes is 1. The standard InChI is InChI=1S/C9H12BrNO/c1-4-9(2,3)11-6-7(10)5-8(11)12/h1,7H,5-6H2,2-3H3. The van der Waals surface area contributed by atoms with Crippen LogP contribution in [0.5, 0.6) is 0 Å². The van der Waals surface area contributed by atoms with Crippen molar-refractivity contribution >= 4 is 21.8 Å². The number of nitrogens with zero attached hydrogens (tertiary/aromatic N) is 1. The second kappa shape index (κ2) is 3.10. The van der Waals surface area contributed by atoms with Crippen molar-refractivity contribution < 1.29 is 4.79 Å². The van der Waals surface area contributed by atoms with Gasteiger partial charge >= 0.3 is 0 Å². The Morgan fingerprint density at radius 1 is 1.75 bits per heavy atom. The van der Waals surface area contributed by atoms with Gasteiger partial charge in [0.2, 0.25) is 5.91 Å². The summed E-state index contributed by atoms with van der Waals surface area (Å²) in [6.45, 7) is 4.49. The molecule has 1 unspecified atom stereocenters. The number of hydrogen-bond acceptors (Lipinski definition) is 1. The first-order valence-electron chi connectivity index (χ1n) is 3.89. The third-order valence-corrected chi connectivity index (χ3v) is 2.72. The van der Waals surface area contributed by atoms with Crippen molar-refractivity contribution in [2.75, 3.05) is 6.54 Å². The Hall–Kier alpha value is -0.490. The highest BCUT2D eigenvalue weighted by Crippen LogP contribution is 2.25. The summed E-state index contributed by atoms with van der Waals surface area (Å²) in [5.41, 5.74) is -0.445. The van der Waals surface area contributed by atoms with Gasteiger partial charge in [0.25, 0.3) is 0 Å². The molecule has 1 aliphatic rings. The molecule has 0 bridgehead atoms. The van der Waals surface area contributed by atoms with Gasteiger partial charge in [-0.3, -0.25) is 4.79 Å². The van der Waals surface area contributed by atoms with Crippen molar-refractivity contribution in [3.05, 3.63) is 0 Å². The molecule has 1 fully saturated rings. The zero-order valence-corrected chi connectivity index (χ0v) is 8.89. The average Bonchev–Trinajstić information content (AvgIpc) is 2.31. The number of halogens is 1. The second-order valence-corrected chi connectivity index (χ2v) is 4.80. The van der Waals surface area contributed by atoms with Gasteiger partial charge in [0.05, 0.1) is 5.54 Å². The minimum atomic E-state index is -0.445. The molecule has 1 saturated heterocycles. The highest BCUT2D eigenvalue weighted by atomic mass is 79.9. The molecular weight excluding hydrogens is 218 g/mol. The third-order valence-electron chi connectivity index (χ3n) is 2.11. The van der Waals surface area contributed by atoms with Gasteiger partial charge in [-0.1, -0.05) is 21.9 Å². The van der Waals surface area contributed by atoms with E-state index in [0.717, 1.165) is 6.54 Å². The van der Waals surface area contributed by atoms with Crippen LogP contribution in [-0.2, 0) is 4.79 Å². The quantitative estimate of drug-likeness (QED) is 0.492. The van der Waals surface area contributed by atoms with Crippen molar-refractivity contribution in [1.29, 1.82) is 0 Å². The summed E-state index contributed by atoms with van der Waals surface area (Å²) in [5, 5.41) is 0. The Morgan fingerprint density at radius 2 is 2.33 bits per heavy atom. The van der Waals surface area contributed by atoms with Crippen LogP contribution in [0.3, 0.4) is 0 Å². The molecule has 0 aromatic carbocycles. The largest absolute Gasteiger partial charge is 0.326 e. The first kappa shape index (κ1) is 9.60. The van der Waals surface area contributed by atoms with Crippen molar-refractivity contribution in [3.8, 4) is 12.3 Å². The van der Waals surface area contributed by atoms with E-state index in [9.17, 15) is 4.79 Å². The molecule has 1 aliphatic heterocycles. The van der Waals surface area contributed by atoms with Crippen LogP contribution in [-0.4, -0.2) is 27.7 Å². The smallest absolute Gasteiger partial charge is 0.224 e. The molecule has 12 heavy (non-hydrogen) atoms. The molecule has 0 saturated carbocycles. The van der Waals surface area contributed by atoms with E-state index in [0.29, 0.717) is 6.42 Å². The molecule has 0 aromatic rings. The zero-order chi connectivity index (χ0) is 9.35. The number of alkyl halides is 1. The number of carbonyl (C=O) groups is 1. The van der Waals surface area contributed by atoms with Gasteiger partial charge in [-0.05, 0) is 13.8 Å². The van der Waals surface area contributed by atoms with E-state index < -0.39 is 5.54 Å².